The van der Waals surface area contributed by atoms with Crippen molar-refractivity contribution in [3.05, 3.63) is 37.9 Å². The van der Waals surface area contributed by atoms with Gasteiger partial charge in [0.25, 0.3) is 0 Å². The van der Waals surface area contributed by atoms with Crippen molar-refractivity contribution in [2.75, 3.05) is 4.90 Å². The topological polar surface area (TPSA) is 68.5 Å². The van der Waals surface area contributed by atoms with Gasteiger partial charge in [-0.1, -0.05) is 0 Å². The zero-order valence-electron chi connectivity index (χ0n) is 14.7. The Morgan fingerprint density at radius 1 is 1.42 bits per heavy atom. The van der Waals surface area contributed by atoms with Crippen LogP contribution < -0.4 is 4.90 Å². The first-order valence-corrected chi connectivity index (χ1v) is 10.1. The summed E-state index contributed by atoms with van der Waals surface area (Å²) in [5.74, 6) is 1.03. The van der Waals surface area contributed by atoms with Crippen molar-refractivity contribution in [2.45, 2.75) is 39.8 Å². The number of amides is 1. The van der Waals surface area contributed by atoms with E-state index in [1.165, 1.54) is 16.2 Å². The molecule has 0 fully saturated rings. The Labute approximate surface area is 173 Å². The van der Waals surface area contributed by atoms with Gasteiger partial charge in [0.15, 0.2) is 5.82 Å². The van der Waals surface area contributed by atoms with Crippen LogP contribution in [0.25, 0.3) is 10.2 Å². The van der Waals surface area contributed by atoms with Gasteiger partial charge in [-0.3, -0.25) is 4.90 Å². The second kappa shape index (κ2) is 7.32. The van der Waals surface area contributed by atoms with Crippen molar-refractivity contribution in [3.63, 3.8) is 0 Å². The number of rotatable bonds is 3. The minimum absolute atomic E-state index is 0.0813. The number of furan rings is 1. The molecule has 3 rings (SSSR count). The lowest BCUT2D eigenvalue weighted by Crippen LogP contribution is -2.37. The smallest absolute Gasteiger partial charge is 0.416 e. The molecule has 6 nitrogen and oxygen atoms in total. The number of carbonyl (C=O) groups is 1. The Bertz CT molecular complexity index is 950. The normalized spacial score (nSPS) is 11.8. The fraction of sp³-hybridized carbons (Fsp3) is 0.353. The number of hydrogen-bond acceptors (Lipinski definition) is 6. The fourth-order valence-electron chi connectivity index (χ4n) is 2.30. The molecule has 0 unspecified atom stereocenters. The molecule has 26 heavy (non-hydrogen) atoms. The molecule has 0 aliphatic heterocycles. The molecule has 0 bridgehead atoms. The van der Waals surface area contributed by atoms with E-state index in [4.69, 9.17) is 20.8 Å². The van der Waals surface area contributed by atoms with Crippen molar-refractivity contribution < 1.29 is 13.9 Å². The summed E-state index contributed by atoms with van der Waals surface area (Å²) in [5.41, 5.74) is 1.11. The predicted molar refractivity (Wildman–Crippen MR) is 111 cm³/mol. The SMILES string of the molecule is Cc1c(I)sc2c(N(Cc3ccco3)C(=O)OC(C)(C)C)nc(Cl)nc12. The summed E-state index contributed by atoms with van der Waals surface area (Å²) in [6.45, 7) is 7.60. The van der Waals surface area contributed by atoms with Crippen LogP contribution in [0.5, 0.6) is 0 Å². The largest absolute Gasteiger partial charge is 0.467 e. The highest BCUT2D eigenvalue weighted by molar-refractivity contribution is 14.1. The summed E-state index contributed by atoms with van der Waals surface area (Å²) in [6, 6.07) is 3.56. The molecule has 3 heterocycles. The van der Waals surface area contributed by atoms with E-state index in [0.717, 1.165) is 18.7 Å². The average molecular weight is 506 g/mol. The molecule has 0 aliphatic carbocycles. The minimum atomic E-state index is -0.645. The molecule has 1 amide bonds. The lowest BCUT2D eigenvalue weighted by molar-refractivity contribution is 0.0574. The maximum absolute atomic E-state index is 12.9. The first-order valence-electron chi connectivity index (χ1n) is 7.81. The molecule has 0 radical (unpaired) electrons. The molecule has 0 aromatic carbocycles. The zero-order valence-corrected chi connectivity index (χ0v) is 18.4. The van der Waals surface area contributed by atoms with Crippen LogP contribution in [0.1, 0.15) is 32.1 Å². The summed E-state index contributed by atoms with van der Waals surface area (Å²) >= 11 is 9.91. The van der Waals surface area contributed by atoms with Gasteiger partial charge in [0, 0.05) is 0 Å². The number of aryl methyl sites for hydroxylation is 1. The molecular formula is C17H17ClIN3O3S. The molecule has 0 spiro atoms. The molecule has 0 saturated carbocycles. The molecule has 138 valence electrons. The summed E-state index contributed by atoms with van der Waals surface area (Å²) in [7, 11) is 0. The highest BCUT2D eigenvalue weighted by atomic mass is 127. The van der Waals surface area contributed by atoms with Gasteiger partial charge in [0.1, 0.15) is 11.4 Å². The van der Waals surface area contributed by atoms with Crippen LogP contribution >= 0.6 is 45.5 Å². The fourth-order valence-corrected chi connectivity index (χ4v) is 4.36. The maximum Gasteiger partial charge on any atom is 0.416 e. The quantitative estimate of drug-likeness (QED) is 0.333. The van der Waals surface area contributed by atoms with Gasteiger partial charge in [-0.2, -0.15) is 4.98 Å². The monoisotopic (exact) mass is 505 g/mol. The lowest BCUT2D eigenvalue weighted by atomic mass is 10.2. The van der Waals surface area contributed by atoms with Crippen LogP contribution in [0.3, 0.4) is 0 Å². The zero-order chi connectivity index (χ0) is 19.1. The van der Waals surface area contributed by atoms with E-state index in [0.29, 0.717) is 11.6 Å². The third-order valence-electron chi connectivity index (χ3n) is 3.43. The van der Waals surface area contributed by atoms with Crippen LogP contribution in [0, 0.1) is 9.81 Å². The molecule has 3 aromatic rings. The third-order valence-corrected chi connectivity index (χ3v) is 6.13. The molecule has 0 saturated heterocycles. The second-order valence-corrected chi connectivity index (χ2v) is 9.81. The number of hydrogen-bond donors (Lipinski definition) is 0. The number of aromatic nitrogens is 2. The lowest BCUT2D eigenvalue weighted by Gasteiger charge is -2.26. The first-order chi connectivity index (χ1) is 12.2. The van der Waals surface area contributed by atoms with Crippen molar-refractivity contribution in [1.29, 1.82) is 0 Å². The Morgan fingerprint density at radius 3 is 2.77 bits per heavy atom. The first kappa shape index (κ1) is 19.4. The summed E-state index contributed by atoms with van der Waals surface area (Å²) in [6.07, 6.45) is 1.04. The van der Waals surface area contributed by atoms with E-state index in [2.05, 4.69) is 32.6 Å². The van der Waals surface area contributed by atoms with E-state index in [1.54, 1.807) is 18.4 Å². The predicted octanol–water partition coefficient (Wildman–Crippen LogP) is 5.79. The van der Waals surface area contributed by atoms with E-state index >= 15 is 0 Å². The highest BCUT2D eigenvalue weighted by Crippen LogP contribution is 2.37. The van der Waals surface area contributed by atoms with Gasteiger partial charge in [-0.05, 0) is 79.6 Å². The van der Waals surface area contributed by atoms with E-state index in [-0.39, 0.29) is 11.8 Å². The van der Waals surface area contributed by atoms with Crippen LogP contribution in [-0.4, -0.2) is 21.7 Å². The van der Waals surface area contributed by atoms with Crippen molar-refractivity contribution in [3.8, 4) is 0 Å². The summed E-state index contributed by atoms with van der Waals surface area (Å²) in [4.78, 5) is 23.0. The van der Waals surface area contributed by atoms with Crippen molar-refractivity contribution in [1.82, 2.24) is 9.97 Å². The number of fused-ring (bicyclic) bond motifs is 1. The minimum Gasteiger partial charge on any atom is -0.467 e. The maximum atomic E-state index is 12.9. The van der Waals surface area contributed by atoms with E-state index in [1.807, 2.05) is 27.7 Å². The Morgan fingerprint density at radius 2 is 2.15 bits per heavy atom. The van der Waals surface area contributed by atoms with Gasteiger partial charge in [0.2, 0.25) is 5.28 Å². The number of ether oxygens (including phenoxy) is 1. The number of carbonyl (C=O) groups excluding carboxylic acids is 1. The Balaban J connectivity index is 2.13. The summed E-state index contributed by atoms with van der Waals surface area (Å²) in [5, 5.41) is 0.0813. The molecule has 0 N–H and O–H groups in total. The second-order valence-electron chi connectivity index (χ2n) is 6.64. The molecule has 0 atom stereocenters. The Hall–Kier alpha value is -1.39. The standard InChI is InChI=1S/C17H17ClIN3O3S/c1-9-11-12(26-13(9)19)14(21-15(18)20-11)22(8-10-6-5-7-24-10)16(23)25-17(2,3)4/h5-7H,8H2,1-4H3. The molecule has 9 heteroatoms. The van der Waals surface area contributed by atoms with Gasteiger partial charge >= 0.3 is 6.09 Å². The van der Waals surface area contributed by atoms with E-state index in [9.17, 15) is 4.79 Å². The number of nitrogens with zero attached hydrogens (tertiary/aromatic N) is 3. The van der Waals surface area contributed by atoms with E-state index < -0.39 is 11.7 Å². The van der Waals surface area contributed by atoms with Crippen molar-refractivity contribution in [2.24, 2.45) is 0 Å². The number of halogens is 2. The van der Waals surface area contributed by atoms with Crippen LogP contribution in [0.15, 0.2) is 22.8 Å². The highest BCUT2D eigenvalue weighted by Gasteiger charge is 2.28. The van der Waals surface area contributed by atoms with Crippen LogP contribution in [-0.2, 0) is 11.3 Å². The molecule has 3 aromatic heterocycles. The van der Waals surface area contributed by atoms with Gasteiger partial charge in [0.05, 0.1) is 25.9 Å². The molecular weight excluding hydrogens is 489 g/mol. The number of thiophene rings is 1. The van der Waals surface area contributed by atoms with Crippen LogP contribution in [0.2, 0.25) is 5.28 Å². The van der Waals surface area contributed by atoms with Crippen molar-refractivity contribution >= 4 is 67.7 Å². The summed E-state index contributed by atoms with van der Waals surface area (Å²) < 4.78 is 12.8. The Kier molecular flexibility index (Phi) is 5.45. The average Bonchev–Trinajstić information content (AvgIpc) is 3.13. The third kappa shape index (κ3) is 4.12. The van der Waals surface area contributed by atoms with Gasteiger partial charge < -0.3 is 9.15 Å². The number of anilines is 1. The molecule has 0 aliphatic rings. The van der Waals surface area contributed by atoms with Crippen LogP contribution in [0.4, 0.5) is 10.6 Å². The van der Waals surface area contributed by atoms with Gasteiger partial charge in [-0.25, -0.2) is 9.78 Å². The van der Waals surface area contributed by atoms with Gasteiger partial charge in [-0.15, -0.1) is 11.3 Å².